The van der Waals surface area contributed by atoms with Gasteiger partial charge in [-0.2, -0.15) is 0 Å². The predicted octanol–water partition coefficient (Wildman–Crippen LogP) is 7.58. The molecule has 1 aliphatic carbocycles. The maximum atomic E-state index is 15.8. The van der Waals surface area contributed by atoms with Gasteiger partial charge in [0.15, 0.2) is 0 Å². The Hall–Kier alpha value is -4.47. The molecule has 0 N–H and O–H groups in total. The topological polar surface area (TPSA) is 23.6 Å². The fourth-order valence-corrected chi connectivity index (χ4v) is 10.1. The highest BCUT2D eigenvalue weighted by atomic mass is 16.2. The van der Waals surface area contributed by atoms with E-state index in [0.29, 0.717) is 6.54 Å². The van der Waals surface area contributed by atoms with Crippen molar-refractivity contribution in [2.24, 2.45) is 0 Å². The first-order valence-electron chi connectivity index (χ1n) is 15.7. The molecule has 3 fully saturated rings. The fraction of sp³-hybridized carbons (Fsp3) is 0.225. The lowest BCUT2D eigenvalue weighted by molar-refractivity contribution is -0.131. The largest absolute Gasteiger partial charge is 0.306 e. The van der Waals surface area contributed by atoms with Gasteiger partial charge in [0.1, 0.15) is 5.54 Å². The van der Waals surface area contributed by atoms with Crippen molar-refractivity contribution >= 4 is 11.6 Å². The molecule has 3 heterocycles. The minimum absolute atomic E-state index is 0.152. The van der Waals surface area contributed by atoms with Crippen LogP contribution in [-0.2, 0) is 27.7 Å². The first kappa shape index (κ1) is 25.1. The zero-order valence-corrected chi connectivity index (χ0v) is 24.1. The molecule has 5 atom stereocenters. The van der Waals surface area contributed by atoms with Crippen molar-refractivity contribution in [2.75, 3.05) is 11.4 Å². The molecule has 0 aromatic heterocycles. The lowest BCUT2D eigenvalue weighted by Gasteiger charge is -2.43. The van der Waals surface area contributed by atoms with Crippen LogP contribution in [0.5, 0.6) is 0 Å². The molecule has 5 aromatic carbocycles. The molecule has 5 aromatic rings. The molecule has 43 heavy (non-hydrogen) atoms. The maximum absolute atomic E-state index is 15.8. The number of hydrogen-bond acceptors (Lipinski definition) is 2. The van der Waals surface area contributed by atoms with E-state index in [1.807, 2.05) is 6.07 Å². The van der Waals surface area contributed by atoms with E-state index in [-0.39, 0.29) is 23.3 Å². The van der Waals surface area contributed by atoms with Crippen LogP contribution in [0.3, 0.4) is 0 Å². The third-order valence-corrected chi connectivity index (χ3v) is 11.2. The molecule has 1 saturated carbocycles. The average Bonchev–Trinajstić information content (AvgIpc) is 3.28. The summed E-state index contributed by atoms with van der Waals surface area (Å²) in [6.07, 6.45) is 2.18. The Morgan fingerprint density at radius 2 is 1.23 bits per heavy atom. The van der Waals surface area contributed by atoms with Crippen LogP contribution in [0.1, 0.15) is 46.6 Å². The first-order chi connectivity index (χ1) is 21.3. The van der Waals surface area contributed by atoms with Gasteiger partial charge < -0.3 is 4.90 Å². The van der Waals surface area contributed by atoms with Gasteiger partial charge in [0, 0.05) is 34.0 Å². The van der Waals surface area contributed by atoms with Crippen LogP contribution in [0, 0.1) is 0 Å². The minimum atomic E-state index is -0.822. The molecule has 0 radical (unpaired) electrons. The molecule has 2 saturated heterocycles. The van der Waals surface area contributed by atoms with Crippen LogP contribution in [0.15, 0.2) is 146 Å². The van der Waals surface area contributed by atoms with Gasteiger partial charge in [0.2, 0.25) is 0 Å². The molecule has 4 aliphatic rings. The van der Waals surface area contributed by atoms with Crippen LogP contribution in [-0.4, -0.2) is 23.4 Å². The molecule has 1 amide bonds. The standard InChI is InChI=1S/C40H34N2O/c43-37-40(33-24-13-14-25-34(33)41(37)28-29-16-5-1-6-17-29)39(32-22-11-4-12-23-32)36(30-18-7-2-8-19-30)38(39,31-20-9-3-10-21-31)35-26-15-27-42(35)40/h1-14,16-25,35-36H,15,26-28H2/t35-,36-,38-,39+,40-/m1/s1. The zero-order valence-electron chi connectivity index (χ0n) is 24.1. The SMILES string of the molecule is O=C1N(Cc2ccccc2)c2ccccc2[C@@]12N1CCC[C@@H]1[C@]1(c3ccccc3)[C@@H](c3ccccc3)[C@@]12c1ccccc1. The number of carbonyl (C=O) groups excluding carboxylic acids is 1. The smallest absolute Gasteiger partial charge is 0.253 e. The van der Waals surface area contributed by atoms with Crippen molar-refractivity contribution in [3.8, 4) is 0 Å². The second-order valence-electron chi connectivity index (χ2n) is 12.7. The van der Waals surface area contributed by atoms with Gasteiger partial charge in [0.25, 0.3) is 5.91 Å². The van der Waals surface area contributed by atoms with Crippen molar-refractivity contribution in [3.63, 3.8) is 0 Å². The summed E-state index contributed by atoms with van der Waals surface area (Å²) in [4.78, 5) is 20.6. The van der Waals surface area contributed by atoms with Crippen LogP contribution >= 0.6 is 0 Å². The van der Waals surface area contributed by atoms with E-state index in [1.54, 1.807) is 0 Å². The molecule has 3 aliphatic heterocycles. The number of para-hydroxylation sites is 1. The summed E-state index contributed by atoms with van der Waals surface area (Å²) >= 11 is 0. The molecule has 0 unspecified atom stereocenters. The summed E-state index contributed by atoms with van der Waals surface area (Å²) in [7, 11) is 0. The quantitative estimate of drug-likeness (QED) is 0.222. The van der Waals surface area contributed by atoms with Crippen molar-refractivity contribution in [1.82, 2.24) is 4.90 Å². The van der Waals surface area contributed by atoms with Crippen molar-refractivity contribution in [1.29, 1.82) is 0 Å². The van der Waals surface area contributed by atoms with Gasteiger partial charge in [-0.05, 0) is 47.7 Å². The molecule has 3 nitrogen and oxygen atoms in total. The third-order valence-electron chi connectivity index (χ3n) is 11.2. The molecular weight excluding hydrogens is 524 g/mol. The number of amides is 1. The lowest BCUT2D eigenvalue weighted by atomic mass is 9.67. The Kier molecular flexibility index (Phi) is 5.26. The molecular formula is C40H34N2O. The second kappa shape index (κ2) is 9.02. The number of benzene rings is 5. The van der Waals surface area contributed by atoms with E-state index in [9.17, 15) is 0 Å². The number of piperidine rings is 1. The number of anilines is 1. The average molecular weight is 559 g/mol. The van der Waals surface area contributed by atoms with Gasteiger partial charge in [-0.1, -0.05) is 140 Å². The molecule has 1 spiro atoms. The van der Waals surface area contributed by atoms with Gasteiger partial charge in [-0.3, -0.25) is 9.69 Å². The minimum Gasteiger partial charge on any atom is -0.306 e. The van der Waals surface area contributed by atoms with Gasteiger partial charge in [-0.15, -0.1) is 0 Å². The molecule has 0 bridgehead atoms. The number of nitrogens with zero attached hydrogens (tertiary/aromatic N) is 2. The Balaban J connectivity index is 1.40. The number of carbonyl (C=O) groups is 1. The number of hydrogen-bond donors (Lipinski definition) is 0. The van der Waals surface area contributed by atoms with Crippen LogP contribution in [0.25, 0.3) is 0 Å². The van der Waals surface area contributed by atoms with Crippen LogP contribution in [0.2, 0.25) is 0 Å². The normalized spacial score (nSPS) is 30.3. The third kappa shape index (κ3) is 2.87. The van der Waals surface area contributed by atoms with Crippen molar-refractivity contribution < 1.29 is 4.79 Å². The summed E-state index contributed by atoms with van der Waals surface area (Å²) in [5.41, 5.74) is 5.78. The van der Waals surface area contributed by atoms with Gasteiger partial charge >= 0.3 is 0 Å². The van der Waals surface area contributed by atoms with Crippen molar-refractivity contribution in [3.05, 3.63) is 173 Å². The zero-order chi connectivity index (χ0) is 28.6. The first-order valence-corrected chi connectivity index (χ1v) is 15.7. The summed E-state index contributed by atoms with van der Waals surface area (Å²) < 4.78 is 0. The van der Waals surface area contributed by atoms with Crippen LogP contribution < -0.4 is 4.90 Å². The monoisotopic (exact) mass is 558 g/mol. The van der Waals surface area contributed by atoms with E-state index < -0.39 is 11.0 Å². The van der Waals surface area contributed by atoms with E-state index >= 15 is 4.79 Å². The molecule has 3 heteroatoms. The molecule has 210 valence electrons. The van der Waals surface area contributed by atoms with E-state index in [2.05, 4.69) is 149 Å². The Labute approximate surface area is 253 Å². The fourth-order valence-electron chi connectivity index (χ4n) is 10.1. The van der Waals surface area contributed by atoms with Crippen LogP contribution in [0.4, 0.5) is 5.69 Å². The van der Waals surface area contributed by atoms with Gasteiger partial charge in [0.05, 0.1) is 6.54 Å². The maximum Gasteiger partial charge on any atom is 0.253 e. The summed E-state index contributed by atoms with van der Waals surface area (Å²) in [6.45, 7) is 1.49. The van der Waals surface area contributed by atoms with Crippen molar-refractivity contribution in [2.45, 2.75) is 47.7 Å². The highest BCUT2D eigenvalue weighted by molar-refractivity contribution is 6.11. The highest BCUT2D eigenvalue weighted by Gasteiger charge is 2.96. The number of rotatable bonds is 5. The van der Waals surface area contributed by atoms with E-state index in [0.717, 1.165) is 30.6 Å². The second-order valence-corrected chi connectivity index (χ2v) is 12.7. The summed E-state index contributed by atoms with van der Waals surface area (Å²) in [5, 5.41) is 0. The van der Waals surface area contributed by atoms with E-state index in [1.165, 1.54) is 22.3 Å². The predicted molar refractivity (Wildman–Crippen MR) is 171 cm³/mol. The lowest BCUT2D eigenvalue weighted by Crippen LogP contribution is -2.58. The Bertz CT molecular complexity index is 1820. The Morgan fingerprint density at radius 1 is 0.651 bits per heavy atom. The van der Waals surface area contributed by atoms with E-state index in [4.69, 9.17) is 0 Å². The summed E-state index contributed by atoms with van der Waals surface area (Å²) in [6, 6.07) is 52.7. The Morgan fingerprint density at radius 3 is 1.93 bits per heavy atom. The summed E-state index contributed by atoms with van der Waals surface area (Å²) in [5.74, 6) is 0.378. The highest BCUT2D eigenvalue weighted by Crippen LogP contribution is 2.89. The van der Waals surface area contributed by atoms with Gasteiger partial charge in [-0.25, -0.2) is 0 Å². The number of fused-ring (bicyclic) bond motifs is 7. The molecule has 9 rings (SSSR count).